The Kier molecular flexibility index (Phi) is 4.90. The van der Waals surface area contributed by atoms with Crippen LogP contribution in [0.25, 0.3) is 0 Å². The topological polar surface area (TPSA) is 23.2 Å². The first-order valence-electron chi connectivity index (χ1n) is 6.65. The fourth-order valence-corrected chi connectivity index (χ4v) is 3.09. The standard InChI is InChI=1S/C12H21NO.BF4/c1-8-5-6-10-11(7-8)14-9(2)13-12(10,3)4;2-1(3,4)5/h8,10-11H,5-7H2,1-4H3;/q;-1/p+1/t8-,10+,11+;/m1./s1. The molecule has 0 aromatic rings. The van der Waals surface area contributed by atoms with Crippen LogP contribution in [0.1, 0.15) is 47.0 Å². The third-order valence-electron chi connectivity index (χ3n) is 3.81. The second-order valence-electron chi connectivity index (χ2n) is 6.08. The van der Waals surface area contributed by atoms with Crippen LogP contribution in [0.15, 0.2) is 0 Å². The van der Waals surface area contributed by atoms with Crippen LogP contribution in [-0.4, -0.2) is 24.8 Å². The number of nitrogens with one attached hydrogen (secondary N) is 1. The highest BCUT2D eigenvalue weighted by Gasteiger charge is 2.47. The average Bonchev–Trinajstić information content (AvgIpc) is 2.11. The molecule has 19 heavy (non-hydrogen) atoms. The Bertz CT molecular complexity index is 337. The lowest BCUT2D eigenvalue weighted by atomic mass is 9.71. The lowest BCUT2D eigenvalue weighted by Gasteiger charge is -2.41. The Morgan fingerprint density at radius 3 is 2.26 bits per heavy atom. The van der Waals surface area contributed by atoms with Crippen molar-refractivity contribution in [3.63, 3.8) is 0 Å². The van der Waals surface area contributed by atoms with Crippen LogP contribution < -0.4 is 4.99 Å². The summed E-state index contributed by atoms with van der Waals surface area (Å²) in [7, 11) is -6.00. The summed E-state index contributed by atoms with van der Waals surface area (Å²) in [5.74, 6) is 2.52. The molecule has 2 nitrogen and oxygen atoms in total. The van der Waals surface area contributed by atoms with Crippen LogP contribution in [0.5, 0.6) is 0 Å². The Morgan fingerprint density at radius 1 is 1.21 bits per heavy atom. The first kappa shape index (κ1) is 16.3. The molecule has 112 valence electrons. The van der Waals surface area contributed by atoms with Gasteiger partial charge in [0, 0.05) is 13.8 Å². The maximum atomic E-state index is 9.75. The van der Waals surface area contributed by atoms with Crippen LogP contribution in [0.3, 0.4) is 0 Å². The zero-order valence-corrected chi connectivity index (χ0v) is 11.9. The molecular weight excluding hydrogens is 261 g/mol. The second-order valence-corrected chi connectivity index (χ2v) is 6.08. The maximum absolute atomic E-state index is 9.75. The first-order chi connectivity index (χ1) is 8.49. The van der Waals surface area contributed by atoms with E-state index in [9.17, 15) is 17.3 Å². The highest BCUT2D eigenvalue weighted by molar-refractivity contribution is 6.50. The molecule has 0 amide bonds. The van der Waals surface area contributed by atoms with Crippen LogP contribution >= 0.6 is 0 Å². The molecular formula is C12H22BF4NO. The van der Waals surface area contributed by atoms with Gasteiger partial charge in [0.2, 0.25) is 0 Å². The summed E-state index contributed by atoms with van der Waals surface area (Å²) in [5, 5.41) is 0. The largest absolute Gasteiger partial charge is 0.673 e. The number of hydrogen-bond donors (Lipinski definition) is 1. The maximum Gasteiger partial charge on any atom is 0.673 e. The normalized spacial score (nSPS) is 33.3. The van der Waals surface area contributed by atoms with Gasteiger partial charge < -0.3 is 22.0 Å². The molecule has 0 bridgehead atoms. The van der Waals surface area contributed by atoms with Gasteiger partial charge in [-0.05, 0) is 25.2 Å². The van der Waals surface area contributed by atoms with Crippen molar-refractivity contribution in [2.75, 3.05) is 0 Å². The first-order valence-corrected chi connectivity index (χ1v) is 6.65. The van der Waals surface area contributed by atoms with Gasteiger partial charge in [0.1, 0.15) is 6.10 Å². The van der Waals surface area contributed by atoms with Crippen LogP contribution in [0.4, 0.5) is 17.3 Å². The summed E-state index contributed by atoms with van der Waals surface area (Å²) in [6.07, 6.45) is 4.34. The molecule has 3 atom stereocenters. The molecule has 2 aliphatic rings. The Morgan fingerprint density at radius 2 is 1.74 bits per heavy atom. The Balaban J connectivity index is 0.000000312. The van der Waals surface area contributed by atoms with Gasteiger partial charge in [0.05, 0.1) is 12.8 Å². The highest BCUT2D eigenvalue weighted by atomic mass is 19.5. The summed E-state index contributed by atoms with van der Waals surface area (Å²) in [6.45, 7) is 8.97. The molecule has 1 saturated carbocycles. The molecule has 1 aliphatic carbocycles. The number of rotatable bonds is 0. The fraction of sp³-hybridized carbons (Fsp3) is 0.917. The van der Waals surface area contributed by atoms with E-state index >= 15 is 0 Å². The molecule has 0 spiro atoms. The second kappa shape index (κ2) is 5.71. The molecule has 2 rings (SSSR count). The van der Waals surface area contributed by atoms with Crippen molar-refractivity contribution in [1.29, 1.82) is 0 Å². The Labute approximate surface area is 111 Å². The minimum atomic E-state index is -6.00. The summed E-state index contributed by atoms with van der Waals surface area (Å²) < 4.78 is 44.9. The number of halogens is 4. The van der Waals surface area contributed by atoms with Crippen LogP contribution in [0, 0.1) is 11.8 Å². The van der Waals surface area contributed by atoms with E-state index in [1.807, 2.05) is 6.92 Å². The van der Waals surface area contributed by atoms with Gasteiger partial charge in [-0.1, -0.05) is 6.92 Å². The molecule has 1 N–H and O–H groups in total. The third kappa shape index (κ3) is 5.41. The average molecular weight is 283 g/mol. The predicted octanol–water partition coefficient (Wildman–Crippen LogP) is 2.40. The van der Waals surface area contributed by atoms with Crippen LogP contribution in [0.2, 0.25) is 0 Å². The summed E-state index contributed by atoms with van der Waals surface area (Å²) in [5.41, 5.74) is 0.215. The molecule has 0 aromatic heterocycles. The van der Waals surface area contributed by atoms with E-state index in [-0.39, 0.29) is 5.54 Å². The van der Waals surface area contributed by atoms with E-state index in [0.717, 1.165) is 11.8 Å². The highest BCUT2D eigenvalue weighted by Crippen LogP contribution is 2.36. The minimum absolute atomic E-state index is 0.215. The van der Waals surface area contributed by atoms with E-state index in [1.165, 1.54) is 19.3 Å². The smallest absolute Gasteiger partial charge is 0.444 e. The number of ether oxygens (including phenoxy) is 1. The lowest BCUT2D eigenvalue weighted by molar-refractivity contribution is -0.581. The Hall–Kier alpha value is -0.745. The molecule has 1 fully saturated rings. The van der Waals surface area contributed by atoms with E-state index < -0.39 is 7.25 Å². The minimum Gasteiger partial charge on any atom is -0.444 e. The predicted molar refractivity (Wildman–Crippen MR) is 67.3 cm³/mol. The van der Waals surface area contributed by atoms with Gasteiger partial charge in [-0.2, -0.15) is 0 Å². The molecule has 0 aromatic carbocycles. The SMILES string of the molecule is CC1=[NH+]C(C)(C)[C@H]2CC[C@@H](C)C[C@@H]2O1.F[B-](F)(F)F. The molecule has 0 saturated heterocycles. The number of hydrogen-bond acceptors (Lipinski definition) is 1. The quantitative estimate of drug-likeness (QED) is 0.535. The molecule has 0 unspecified atom stereocenters. The van der Waals surface area contributed by atoms with E-state index in [1.54, 1.807) is 0 Å². The lowest BCUT2D eigenvalue weighted by Crippen LogP contribution is -2.91. The molecule has 0 radical (unpaired) electrons. The molecule has 1 aliphatic heterocycles. The molecule has 1 heterocycles. The van der Waals surface area contributed by atoms with E-state index in [2.05, 4.69) is 25.8 Å². The summed E-state index contributed by atoms with van der Waals surface area (Å²) in [6, 6.07) is 0. The zero-order chi connectivity index (χ0) is 14.8. The van der Waals surface area contributed by atoms with Crippen molar-refractivity contribution in [2.24, 2.45) is 11.8 Å². The van der Waals surface area contributed by atoms with Crippen molar-refractivity contribution in [1.82, 2.24) is 0 Å². The van der Waals surface area contributed by atoms with Gasteiger partial charge in [-0.15, -0.1) is 0 Å². The van der Waals surface area contributed by atoms with Crippen molar-refractivity contribution in [2.45, 2.75) is 58.6 Å². The van der Waals surface area contributed by atoms with Gasteiger partial charge in [-0.25, -0.2) is 4.99 Å². The van der Waals surface area contributed by atoms with Crippen molar-refractivity contribution >= 4 is 13.2 Å². The van der Waals surface area contributed by atoms with Crippen molar-refractivity contribution in [3.05, 3.63) is 0 Å². The van der Waals surface area contributed by atoms with Gasteiger partial charge >= 0.3 is 13.2 Å². The van der Waals surface area contributed by atoms with Crippen molar-refractivity contribution < 1.29 is 27.0 Å². The third-order valence-corrected chi connectivity index (χ3v) is 3.81. The van der Waals surface area contributed by atoms with Gasteiger partial charge in [-0.3, -0.25) is 0 Å². The van der Waals surface area contributed by atoms with E-state index in [0.29, 0.717) is 12.0 Å². The fourth-order valence-electron chi connectivity index (χ4n) is 3.09. The van der Waals surface area contributed by atoms with Gasteiger partial charge in [0.15, 0.2) is 5.54 Å². The summed E-state index contributed by atoms with van der Waals surface area (Å²) in [4.78, 5) is 3.46. The monoisotopic (exact) mass is 283 g/mol. The van der Waals surface area contributed by atoms with Crippen LogP contribution in [-0.2, 0) is 4.74 Å². The van der Waals surface area contributed by atoms with Gasteiger partial charge in [0.25, 0.3) is 0 Å². The van der Waals surface area contributed by atoms with Crippen molar-refractivity contribution in [3.8, 4) is 0 Å². The number of fused-ring (bicyclic) bond motifs is 1. The summed E-state index contributed by atoms with van der Waals surface area (Å²) >= 11 is 0. The van der Waals surface area contributed by atoms with E-state index in [4.69, 9.17) is 4.74 Å². The zero-order valence-electron chi connectivity index (χ0n) is 11.9. The molecule has 7 heteroatoms.